The molecule has 1 aromatic heterocycles. The second-order valence-corrected chi connectivity index (χ2v) is 9.57. The van der Waals surface area contributed by atoms with E-state index in [-0.39, 0.29) is 0 Å². The fraction of sp³-hybridized carbons (Fsp3) is 0.483. The first-order valence-electron chi connectivity index (χ1n) is 13.0. The summed E-state index contributed by atoms with van der Waals surface area (Å²) in [6.45, 7) is 7.18. The molecular weight excluding hydrogens is 436 g/mol. The first kappa shape index (κ1) is 25.1. The minimum atomic E-state index is 0.477. The Bertz CT molecular complexity index is 1090. The van der Waals surface area contributed by atoms with Gasteiger partial charge in [-0.1, -0.05) is 24.3 Å². The molecule has 0 bridgehead atoms. The van der Waals surface area contributed by atoms with Gasteiger partial charge in [-0.15, -0.1) is 0 Å². The number of anilines is 2. The summed E-state index contributed by atoms with van der Waals surface area (Å²) < 4.78 is 11.5. The number of nitrogens with one attached hydrogen (secondary N) is 2. The molecule has 35 heavy (non-hydrogen) atoms. The van der Waals surface area contributed by atoms with Crippen LogP contribution in [-0.2, 0) is 6.54 Å². The molecule has 1 aliphatic rings. The Kier molecular flexibility index (Phi) is 8.69. The third kappa shape index (κ3) is 6.57. The van der Waals surface area contributed by atoms with Gasteiger partial charge in [0.15, 0.2) is 0 Å². The predicted octanol–water partition coefficient (Wildman–Crippen LogP) is 5.86. The standard InChI is InChI=1S/C29H40N4O2/c1-5-34-24-16-13-22(28(17-24)35-6-2)20-30-19-21-11-14-23(15-12-21)31-29-18-27(33(3)4)25-9-7-8-10-26(25)32-29/h7-10,13,16-18,21,23,30H,5-6,11-12,14-15,19-20H2,1-4H3,(H,31,32). The average Bonchev–Trinajstić information content (AvgIpc) is 2.86. The zero-order valence-electron chi connectivity index (χ0n) is 21.6. The lowest BCUT2D eigenvalue weighted by atomic mass is 9.86. The molecule has 0 spiro atoms. The maximum absolute atomic E-state index is 5.85. The molecular formula is C29H40N4O2. The summed E-state index contributed by atoms with van der Waals surface area (Å²) >= 11 is 0. The summed E-state index contributed by atoms with van der Waals surface area (Å²) in [6.07, 6.45) is 4.79. The van der Waals surface area contributed by atoms with Crippen LogP contribution < -0.4 is 25.0 Å². The Morgan fingerprint density at radius 1 is 0.943 bits per heavy atom. The Balaban J connectivity index is 1.28. The van der Waals surface area contributed by atoms with E-state index in [1.165, 1.54) is 42.3 Å². The molecule has 1 fully saturated rings. The van der Waals surface area contributed by atoms with Gasteiger partial charge in [0, 0.05) is 55.5 Å². The van der Waals surface area contributed by atoms with Crippen molar-refractivity contribution in [3.8, 4) is 11.5 Å². The largest absolute Gasteiger partial charge is 0.494 e. The third-order valence-corrected chi connectivity index (χ3v) is 6.77. The predicted molar refractivity (Wildman–Crippen MR) is 146 cm³/mol. The lowest BCUT2D eigenvalue weighted by Crippen LogP contribution is -2.31. The summed E-state index contributed by atoms with van der Waals surface area (Å²) in [7, 11) is 4.18. The number of hydrogen-bond acceptors (Lipinski definition) is 6. The van der Waals surface area contributed by atoms with Gasteiger partial charge in [-0.25, -0.2) is 4.98 Å². The lowest BCUT2D eigenvalue weighted by molar-refractivity contribution is 0.314. The molecule has 4 rings (SSSR count). The molecule has 6 heteroatoms. The van der Waals surface area contributed by atoms with E-state index in [0.29, 0.717) is 25.2 Å². The molecule has 0 unspecified atom stereocenters. The number of ether oxygens (including phenoxy) is 2. The highest BCUT2D eigenvalue weighted by Gasteiger charge is 2.22. The van der Waals surface area contributed by atoms with E-state index in [1.807, 2.05) is 26.0 Å². The molecule has 3 aromatic rings. The Hall–Kier alpha value is -2.99. The summed E-state index contributed by atoms with van der Waals surface area (Å²) in [5.41, 5.74) is 3.43. The van der Waals surface area contributed by atoms with Crippen LogP contribution in [0.3, 0.4) is 0 Å². The second-order valence-electron chi connectivity index (χ2n) is 9.57. The van der Waals surface area contributed by atoms with Gasteiger partial charge in [0.2, 0.25) is 0 Å². The molecule has 2 N–H and O–H groups in total. The molecule has 1 saturated carbocycles. The lowest BCUT2D eigenvalue weighted by Gasteiger charge is -2.30. The van der Waals surface area contributed by atoms with Crippen molar-refractivity contribution in [2.24, 2.45) is 5.92 Å². The number of hydrogen-bond donors (Lipinski definition) is 2. The summed E-state index contributed by atoms with van der Waals surface area (Å²) in [5.74, 6) is 3.46. The van der Waals surface area contributed by atoms with Crippen LogP contribution in [0.1, 0.15) is 45.1 Å². The molecule has 0 atom stereocenters. The smallest absolute Gasteiger partial charge is 0.128 e. The van der Waals surface area contributed by atoms with Crippen molar-refractivity contribution in [3.05, 3.63) is 54.1 Å². The number of para-hydroxylation sites is 1. The van der Waals surface area contributed by atoms with Crippen molar-refractivity contribution in [2.45, 2.75) is 52.1 Å². The zero-order valence-corrected chi connectivity index (χ0v) is 21.6. The first-order chi connectivity index (χ1) is 17.1. The van der Waals surface area contributed by atoms with Gasteiger partial charge in [0.1, 0.15) is 17.3 Å². The highest BCUT2D eigenvalue weighted by Crippen LogP contribution is 2.31. The molecule has 0 saturated heterocycles. The number of nitrogens with zero attached hydrogens (tertiary/aromatic N) is 2. The summed E-state index contributed by atoms with van der Waals surface area (Å²) in [5, 5.41) is 8.58. The third-order valence-electron chi connectivity index (χ3n) is 6.77. The summed E-state index contributed by atoms with van der Waals surface area (Å²) in [4.78, 5) is 7.05. The summed E-state index contributed by atoms with van der Waals surface area (Å²) in [6, 6.07) is 17.2. The van der Waals surface area contributed by atoms with Crippen molar-refractivity contribution < 1.29 is 9.47 Å². The molecule has 188 valence electrons. The van der Waals surface area contributed by atoms with E-state index in [9.17, 15) is 0 Å². The maximum Gasteiger partial charge on any atom is 0.128 e. The number of benzene rings is 2. The van der Waals surface area contributed by atoms with Crippen LogP contribution in [-0.4, -0.2) is 44.9 Å². The quantitative estimate of drug-likeness (QED) is 0.362. The van der Waals surface area contributed by atoms with E-state index >= 15 is 0 Å². The van der Waals surface area contributed by atoms with Crippen LogP contribution in [0.15, 0.2) is 48.5 Å². The molecule has 0 amide bonds. The van der Waals surface area contributed by atoms with Crippen LogP contribution in [0.2, 0.25) is 0 Å². The van der Waals surface area contributed by atoms with E-state index in [1.54, 1.807) is 0 Å². The average molecular weight is 477 g/mol. The SMILES string of the molecule is CCOc1ccc(CNCC2CCC(Nc3cc(N(C)C)c4ccccc4n3)CC2)c(OCC)c1. The van der Waals surface area contributed by atoms with Gasteiger partial charge in [-0.2, -0.15) is 0 Å². The van der Waals surface area contributed by atoms with E-state index in [0.717, 1.165) is 35.9 Å². The number of pyridine rings is 1. The van der Waals surface area contributed by atoms with E-state index < -0.39 is 0 Å². The molecule has 2 aromatic carbocycles. The zero-order chi connectivity index (χ0) is 24.6. The van der Waals surface area contributed by atoms with Crippen molar-refractivity contribution in [3.63, 3.8) is 0 Å². The van der Waals surface area contributed by atoms with Crippen LogP contribution in [0, 0.1) is 5.92 Å². The van der Waals surface area contributed by atoms with Gasteiger partial charge in [-0.05, 0) is 64.1 Å². The van der Waals surface area contributed by atoms with Crippen molar-refractivity contribution >= 4 is 22.4 Å². The van der Waals surface area contributed by atoms with Gasteiger partial charge in [0.25, 0.3) is 0 Å². The molecule has 1 aliphatic carbocycles. The van der Waals surface area contributed by atoms with Crippen LogP contribution in [0.5, 0.6) is 11.5 Å². The van der Waals surface area contributed by atoms with Gasteiger partial charge in [-0.3, -0.25) is 0 Å². The minimum absolute atomic E-state index is 0.477. The molecule has 0 radical (unpaired) electrons. The highest BCUT2D eigenvalue weighted by molar-refractivity contribution is 5.93. The maximum atomic E-state index is 5.85. The first-order valence-corrected chi connectivity index (χ1v) is 13.0. The molecule has 0 aliphatic heterocycles. The second kappa shape index (κ2) is 12.1. The van der Waals surface area contributed by atoms with E-state index in [4.69, 9.17) is 14.5 Å². The van der Waals surface area contributed by atoms with Crippen molar-refractivity contribution in [2.75, 3.05) is 44.1 Å². The number of rotatable bonds is 11. The normalized spacial score (nSPS) is 17.8. The Morgan fingerprint density at radius 2 is 1.71 bits per heavy atom. The highest BCUT2D eigenvalue weighted by atomic mass is 16.5. The fourth-order valence-corrected chi connectivity index (χ4v) is 4.96. The van der Waals surface area contributed by atoms with Gasteiger partial charge >= 0.3 is 0 Å². The van der Waals surface area contributed by atoms with Gasteiger partial charge < -0.3 is 25.0 Å². The van der Waals surface area contributed by atoms with Crippen LogP contribution in [0.25, 0.3) is 10.9 Å². The molecule has 6 nitrogen and oxygen atoms in total. The van der Waals surface area contributed by atoms with Crippen LogP contribution in [0.4, 0.5) is 11.5 Å². The topological polar surface area (TPSA) is 58.7 Å². The Labute approximate surface area is 210 Å². The van der Waals surface area contributed by atoms with Crippen molar-refractivity contribution in [1.82, 2.24) is 10.3 Å². The number of fused-ring (bicyclic) bond motifs is 1. The monoisotopic (exact) mass is 476 g/mol. The fourth-order valence-electron chi connectivity index (χ4n) is 4.96. The van der Waals surface area contributed by atoms with Crippen LogP contribution >= 0.6 is 0 Å². The number of aromatic nitrogens is 1. The Morgan fingerprint density at radius 3 is 2.46 bits per heavy atom. The minimum Gasteiger partial charge on any atom is -0.494 e. The van der Waals surface area contributed by atoms with Crippen molar-refractivity contribution in [1.29, 1.82) is 0 Å². The van der Waals surface area contributed by atoms with Gasteiger partial charge in [0.05, 0.1) is 18.7 Å². The molecule has 1 heterocycles. The van der Waals surface area contributed by atoms with E-state index in [2.05, 4.69) is 66.0 Å².